The molecule has 120 valence electrons. The molecule has 0 heterocycles. The van der Waals surface area contributed by atoms with Crippen LogP contribution in [0.2, 0.25) is 0 Å². The Hall–Kier alpha value is -0.660. The molecule has 20 heavy (non-hydrogen) atoms. The van der Waals surface area contributed by atoms with Crippen molar-refractivity contribution < 1.29 is 17.9 Å². The quantitative estimate of drug-likeness (QED) is 0.697. The molecule has 0 unspecified atom stereocenters. The fourth-order valence-corrected chi connectivity index (χ4v) is 2.65. The summed E-state index contributed by atoms with van der Waals surface area (Å²) in [6, 6.07) is -0.904. The Morgan fingerprint density at radius 1 is 1.15 bits per heavy atom. The van der Waals surface area contributed by atoms with Gasteiger partial charge in [0.2, 0.25) is 0 Å². The summed E-state index contributed by atoms with van der Waals surface area (Å²) in [5.74, 6) is -0.589. The number of nitrogens with one attached hydrogen (secondary N) is 2. The Morgan fingerprint density at radius 2 is 1.65 bits per heavy atom. The van der Waals surface area contributed by atoms with Gasteiger partial charge in [0, 0.05) is 6.54 Å². The summed E-state index contributed by atoms with van der Waals surface area (Å²) in [7, 11) is -3.72. The fraction of sp³-hybridized carbons (Fsp3) is 0.923. The standard InChI is InChI=1S/C13H28N2O4S/c1-9(2)8-14-20(17,18)15-11(10(3)4)12(16)19-13(5,6)7/h9-11,14-15H,8H2,1-7H3/t11-/m0/s1. The lowest BCUT2D eigenvalue weighted by atomic mass is 10.1. The van der Waals surface area contributed by atoms with Gasteiger partial charge in [-0.15, -0.1) is 0 Å². The molecule has 0 aromatic carbocycles. The van der Waals surface area contributed by atoms with Crippen molar-refractivity contribution in [1.82, 2.24) is 9.44 Å². The SMILES string of the molecule is CC(C)CNS(=O)(=O)N[C@H](C(=O)OC(C)(C)C)C(C)C. The third-order valence-corrected chi connectivity index (χ3v) is 3.40. The molecule has 1 atom stereocenters. The van der Waals surface area contributed by atoms with E-state index in [1.165, 1.54) is 0 Å². The van der Waals surface area contributed by atoms with Crippen molar-refractivity contribution in [3.05, 3.63) is 0 Å². The zero-order valence-electron chi connectivity index (χ0n) is 13.5. The number of carbonyl (C=O) groups is 1. The minimum atomic E-state index is -3.72. The molecule has 6 nitrogen and oxygen atoms in total. The highest BCUT2D eigenvalue weighted by Crippen LogP contribution is 2.12. The van der Waals surface area contributed by atoms with Gasteiger partial charge in [-0.25, -0.2) is 4.72 Å². The zero-order valence-corrected chi connectivity index (χ0v) is 14.3. The summed E-state index contributed by atoms with van der Waals surface area (Å²) in [4.78, 5) is 12.0. The highest BCUT2D eigenvalue weighted by Gasteiger charge is 2.31. The fourth-order valence-electron chi connectivity index (χ4n) is 1.31. The van der Waals surface area contributed by atoms with E-state index in [9.17, 15) is 13.2 Å². The molecular weight excluding hydrogens is 280 g/mol. The third kappa shape index (κ3) is 8.50. The van der Waals surface area contributed by atoms with Crippen LogP contribution in [-0.2, 0) is 19.7 Å². The van der Waals surface area contributed by atoms with Crippen molar-refractivity contribution in [3.8, 4) is 0 Å². The summed E-state index contributed by atoms with van der Waals surface area (Å²) >= 11 is 0. The molecule has 0 aromatic rings. The van der Waals surface area contributed by atoms with E-state index in [0.29, 0.717) is 6.54 Å². The second-order valence-corrected chi connectivity index (χ2v) is 8.15. The summed E-state index contributed by atoms with van der Waals surface area (Å²) in [5.41, 5.74) is -0.652. The molecule has 0 saturated carbocycles. The van der Waals surface area contributed by atoms with Crippen molar-refractivity contribution in [2.45, 2.75) is 60.1 Å². The van der Waals surface area contributed by atoms with Crippen LogP contribution in [0.4, 0.5) is 0 Å². The van der Waals surface area contributed by atoms with E-state index in [0.717, 1.165) is 0 Å². The van der Waals surface area contributed by atoms with Crippen LogP contribution in [0.25, 0.3) is 0 Å². The normalized spacial score (nSPS) is 14.7. The monoisotopic (exact) mass is 308 g/mol. The van der Waals surface area contributed by atoms with Crippen LogP contribution >= 0.6 is 0 Å². The van der Waals surface area contributed by atoms with E-state index in [4.69, 9.17) is 4.74 Å². The molecule has 7 heteroatoms. The topological polar surface area (TPSA) is 84.5 Å². The van der Waals surface area contributed by atoms with E-state index in [2.05, 4.69) is 9.44 Å². The van der Waals surface area contributed by atoms with Gasteiger partial charge in [-0.1, -0.05) is 27.7 Å². The lowest BCUT2D eigenvalue weighted by Crippen LogP contribution is -2.51. The van der Waals surface area contributed by atoms with E-state index in [-0.39, 0.29) is 11.8 Å². The van der Waals surface area contributed by atoms with Gasteiger partial charge in [-0.05, 0) is 32.6 Å². The first-order valence-corrected chi connectivity index (χ1v) is 8.32. The molecule has 2 N–H and O–H groups in total. The first-order valence-electron chi connectivity index (χ1n) is 6.84. The van der Waals surface area contributed by atoms with Crippen molar-refractivity contribution in [2.75, 3.05) is 6.54 Å². The first kappa shape index (κ1) is 19.3. The van der Waals surface area contributed by atoms with Gasteiger partial charge < -0.3 is 4.74 Å². The predicted octanol–water partition coefficient (Wildman–Crippen LogP) is 1.43. The van der Waals surface area contributed by atoms with Crippen LogP contribution in [0.3, 0.4) is 0 Å². The summed E-state index contributed by atoms with van der Waals surface area (Å²) in [5, 5.41) is 0. The van der Waals surface area contributed by atoms with Crippen LogP contribution in [0.15, 0.2) is 0 Å². The van der Waals surface area contributed by atoms with Crippen LogP contribution in [0, 0.1) is 11.8 Å². The molecule has 0 saturated heterocycles. The first-order chi connectivity index (χ1) is 8.84. The van der Waals surface area contributed by atoms with Crippen LogP contribution in [-0.4, -0.2) is 32.6 Å². The Bertz CT molecular complexity index is 411. The zero-order chi connectivity index (χ0) is 16.1. The average Bonchev–Trinajstić information content (AvgIpc) is 2.20. The minimum absolute atomic E-state index is 0.186. The Labute approximate surface area is 122 Å². The smallest absolute Gasteiger partial charge is 0.325 e. The molecule has 0 spiro atoms. The number of ether oxygens (including phenoxy) is 1. The second kappa shape index (κ2) is 7.38. The van der Waals surface area contributed by atoms with E-state index < -0.39 is 27.8 Å². The number of carbonyl (C=O) groups excluding carboxylic acids is 1. The molecule has 0 aromatic heterocycles. The molecule has 0 radical (unpaired) electrons. The number of esters is 1. The van der Waals surface area contributed by atoms with Gasteiger partial charge in [0.25, 0.3) is 10.2 Å². The van der Waals surface area contributed by atoms with Crippen molar-refractivity contribution in [3.63, 3.8) is 0 Å². The van der Waals surface area contributed by atoms with Gasteiger partial charge in [0.05, 0.1) is 0 Å². The molecule has 0 amide bonds. The van der Waals surface area contributed by atoms with Crippen molar-refractivity contribution in [1.29, 1.82) is 0 Å². The molecule has 0 aliphatic carbocycles. The summed E-state index contributed by atoms with van der Waals surface area (Å²) in [6.45, 7) is 12.9. The van der Waals surface area contributed by atoms with E-state index in [1.807, 2.05) is 13.8 Å². The largest absolute Gasteiger partial charge is 0.459 e. The van der Waals surface area contributed by atoms with Crippen LogP contribution in [0.5, 0.6) is 0 Å². The highest BCUT2D eigenvalue weighted by atomic mass is 32.2. The predicted molar refractivity (Wildman–Crippen MR) is 79.4 cm³/mol. The summed E-state index contributed by atoms with van der Waals surface area (Å²) in [6.07, 6.45) is 0. The number of hydrogen-bond donors (Lipinski definition) is 2. The lowest BCUT2D eigenvalue weighted by Gasteiger charge is -2.26. The molecule has 0 rings (SSSR count). The third-order valence-electron chi connectivity index (χ3n) is 2.29. The molecule has 0 fully saturated rings. The average molecular weight is 308 g/mol. The van der Waals surface area contributed by atoms with E-state index >= 15 is 0 Å². The van der Waals surface area contributed by atoms with Gasteiger partial charge in [-0.2, -0.15) is 13.1 Å². The number of hydrogen-bond acceptors (Lipinski definition) is 4. The maximum absolute atomic E-state index is 12.0. The van der Waals surface area contributed by atoms with E-state index in [1.54, 1.807) is 34.6 Å². The summed E-state index contributed by atoms with van der Waals surface area (Å²) < 4.78 is 33.8. The van der Waals surface area contributed by atoms with Gasteiger partial charge in [-0.3, -0.25) is 4.79 Å². The van der Waals surface area contributed by atoms with Crippen molar-refractivity contribution >= 4 is 16.2 Å². The highest BCUT2D eigenvalue weighted by molar-refractivity contribution is 7.87. The molecule has 0 aliphatic rings. The second-order valence-electron chi connectivity index (χ2n) is 6.62. The molecular formula is C13H28N2O4S. The lowest BCUT2D eigenvalue weighted by molar-refractivity contribution is -0.158. The number of rotatable bonds is 7. The van der Waals surface area contributed by atoms with Gasteiger partial charge in [0.1, 0.15) is 11.6 Å². The minimum Gasteiger partial charge on any atom is -0.459 e. The van der Waals surface area contributed by atoms with Crippen LogP contribution < -0.4 is 9.44 Å². The maximum Gasteiger partial charge on any atom is 0.325 e. The Balaban J connectivity index is 4.82. The van der Waals surface area contributed by atoms with Crippen LogP contribution in [0.1, 0.15) is 48.5 Å². The molecule has 0 bridgehead atoms. The van der Waals surface area contributed by atoms with Gasteiger partial charge in [0.15, 0.2) is 0 Å². The molecule has 0 aliphatic heterocycles. The van der Waals surface area contributed by atoms with Crippen molar-refractivity contribution in [2.24, 2.45) is 11.8 Å². The Morgan fingerprint density at radius 3 is 2.00 bits per heavy atom. The van der Waals surface area contributed by atoms with Gasteiger partial charge >= 0.3 is 5.97 Å². The maximum atomic E-state index is 12.0. The Kier molecular flexibility index (Phi) is 7.13.